The van der Waals surface area contributed by atoms with Gasteiger partial charge in [0.05, 0.1) is 11.1 Å². The second kappa shape index (κ2) is 9.05. The molecule has 1 heterocycles. The van der Waals surface area contributed by atoms with E-state index in [0.29, 0.717) is 38.3 Å². The van der Waals surface area contributed by atoms with E-state index in [0.717, 1.165) is 0 Å². The van der Waals surface area contributed by atoms with E-state index < -0.39 is 17.5 Å². The van der Waals surface area contributed by atoms with E-state index in [2.05, 4.69) is 0 Å². The molecule has 0 aliphatic carbocycles. The fourth-order valence-electron chi connectivity index (χ4n) is 2.82. The zero-order chi connectivity index (χ0) is 19.5. The molecule has 150 valence electrons. The molecule has 0 bridgehead atoms. The molecule has 1 amide bonds. The monoisotopic (exact) mass is 400 g/mol. The van der Waals surface area contributed by atoms with Crippen LogP contribution in [0.2, 0.25) is 0 Å². The number of carboxylic acid groups (broad SMARTS) is 2. The number of amides is 1. The predicted molar refractivity (Wildman–Crippen MR) is 101 cm³/mol. The van der Waals surface area contributed by atoms with Gasteiger partial charge in [0.25, 0.3) is 0 Å². The number of hydrogen-bond donors (Lipinski definition) is 2. The van der Waals surface area contributed by atoms with E-state index in [1.165, 1.54) is 6.07 Å². The Morgan fingerprint density at radius 1 is 1.04 bits per heavy atom. The smallest absolute Gasteiger partial charge is 0.410 e. The standard InChI is InChI=1S/C18H24N2O6.ClH/c1-18(2,3)26-17(25)20-9-7-19(8-10-20)11-12-5-4-6-13(15(21)22)14(12)16(23)24;/h4-6H,7-11H2,1-3H3,(H,21,22)(H,23,24);1H. The molecule has 0 unspecified atom stereocenters. The topological polar surface area (TPSA) is 107 Å². The number of ether oxygens (including phenoxy) is 1. The molecule has 1 aliphatic rings. The molecule has 0 atom stereocenters. The van der Waals surface area contributed by atoms with Crippen molar-refractivity contribution in [1.82, 2.24) is 9.80 Å². The normalized spacial score (nSPS) is 15.0. The number of carbonyl (C=O) groups excluding carboxylic acids is 1. The van der Waals surface area contributed by atoms with Gasteiger partial charge < -0.3 is 19.8 Å². The minimum absolute atomic E-state index is 0. The minimum Gasteiger partial charge on any atom is -0.478 e. The summed E-state index contributed by atoms with van der Waals surface area (Å²) in [6.07, 6.45) is -0.365. The van der Waals surface area contributed by atoms with Crippen LogP contribution in [0, 0.1) is 0 Å². The average molecular weight is 401 g/mol. The first-order chi connectivity index (χ1) is 12.1. The number of rotatable bonds is 4. The molecule has 2 rings (SSSR count). The SMILES string of the molecule is CC(C)(C)OC(=O)N1CCN(Cc2cccc(C(=O)O)c2C(=O)O)CC1.Cl. The number of nitrogens with zero attached hydrogens (tertiary/aromatic N) is 2. The first kappa shape index (κ1) is 22.7. The van der Waals surface area contributed by atoms with Gasteiger partial charge in [0.1, 0.15) is 5.60 Å². The van der Waals surface area contributed by atoms with Crippen LogP contribution in [0.1, 0.15) is 47.1 Å². The van der Waals surface area contributed by atoms with Crippen LogP contribution in [0.15, 0.2) is 18.2 Å². The lowest BCUT2D eigenvalue weighted by atomic mass is 10.0. The van der Waals surface area contributed by atoms with E-state index in [9.17, 15) is 24.6 Å². The van der Waals surface area contributed by atoms with Crippen molar-refractivity contribution in [2.75, 3.05) is 26.2 Å². The second-order valence-corrected chi connectivity index (χ2v) is 7.19. The van der Waals surface area contributed by atoms with Crippen molar-refractivity contribution in [3.63, 3.8) is 0 Å². The van der Waals surface area contributed by atoms with Gasteiger partial charge in [0, 0.05) is 32.7 Å². The third-order valence-corrected chi connectivity index (χ3v) is 4.01. The fourth-order valence-corrected chi connectivity index (χ4v) is 2.82. The molecule has 1 saturated heterocycles. The summed E-state index contributed by atoms with van der Waals surface area (Å²) in [6, 6.07) is 4.45. The van der Waals surface area contributed by atoms with Crippen LogP contribution in [0.4, 0.5) is 4.79 Å². The van der Waals surface area contributed by atoms with Gasteiger partial charge in [-0.25, -0.2) is 14.4 Å². The van der Waals surface area contributed by atoms with E-state index in [4.69, 9.17) is 4.74 Å². The van der Waals surface area contributed by atoms with Crippen LogP contribution in [-0.4, -0.2) is 69.8 Å². The lowest BCUT2D eigenvalue weighted by Crippen LogP contribution is -2.49. The number of benzene rings is 1. The quantitative estimate of drug-likeness (QED) is 0.799. The number of aromatic carboxylic acids is 2. The van der Waals surface area contributed by atoms with Crippen LogP contribution >= 0.6 is 12.4 Å². The van der Waals surface area contributed by atoms with Crippen molar-refractivity contribution in [3.8, 4) is 0 Å². The summed E-state index contributed by atoms with van der Waals surface area (Å²) in [7, 11) is 0. The van der Waals surface area contributed by atoms with Crippen molar-refractivity contribution in [2.24, 2.45) is 0 Å². The minimum atomic E-state index is -1.26. The van der Waals surface area contributed by atoms with Gasteiger partial charge in [-0.15, -0.1) is 12.4 Å². The Bertz CT molecular complexity index is 708. The Morgan fingerprint density at radius 3 is 2.11 bits per heavy atom. The Hall–Kier alpha value is -2.32. The molecule has 1 aromatic rings. The summed E-state index contributed by atoms with van der Waals surface area (Å²) in [4.78, 5) is 38.5. The zero-order valence-electron chi connectivity index (χ0n) is 15.6. The largest absolute Gasteiger partial charge is 0.478 e. The van der Waals surface area contributed by atoms with Crippen LogP contribution < -0.4 is 0 Å². The van der Waals surface area contributed by atoms with Gasteiger partial charge in [-0.3, -0.25) is 4.90 Å². The van der Waals surface area contributed by atoms with Crippen LogP contribution in [0.25, 0.3) is 0 Å². The first-order valence-electron chi connectivity index (χ1n) is 8.37. The van der Waals surface area contributed by atoms with Crippen LogP contribution in [0.3, 0.4) is 0 Å². The highest BCUT2D eigenvalue weighted by molar-refractivity contribution is 6.02. The second-order valence-electron chi connectivity index (χ2n) is 7.19. The molecule has 0 aromatic heterocycles. The summed E-state index contributed by atoms with van der Waals surface area (Å²) in [5, 5.41) is 18.6. The molecular weight excluding hydrogens is 376 g/mol. The molecular formula is C18H25ClN2O6. The highest BCUT2D eigenvalue weighted by Crippen LogP contribution is 2.19. The van der Waals surface area contributed by atoms with Crippen molar-refractivity contribution in [1.29, 1.82) is 0 Å². The Labute approximate surface area is 164 Å². The molecule has 2 N–H and O–H groups in total. The number of carbonyl (C=O) groups is 3. The lowest BCUT2D eigenvalue weighted by molar-refractivity contribution is 0.0138. The average Bonchev–Trinajstić information content (AvgIpc) is 2.53. The number of piperazine rings is 1. The molecule has 9 heteroatoms. The Kier molecular flexibility index (Phi) is 7.62. The molecule has 1 aliphatic heterocycles. The maximum Gasteiger partial charge on any atom is 0.410 e. The molecule has 0 spiro atoms. The third-order valence-electron chi connectivity index (χ3n) is 4.01. The highest BCUT2D eigenvalue weighted by atomic mass is 35.5. The highest BCUT2D eigenvalue weighted by Gasteiger charge is 2.27. The third kappa shape index (κ3) is 6.11. The van der Waals surface area contributed by atoms with E-state index in [1.807, 2.05) is 25.7 Å². The maximum absolute atomic E-state index is 12.1. The van der Waals surface area contributed by atoms with E-state index >= 15 is 0 Å². The summed E-state index contributed by atoms with van der Waals surface area (Å²) < 4.78 is 5.35. The summed E-state index contributed by atoms with van der Waals surface area (Å²) in [5.41, 5.74) is -0.512. The van der Waals surface area contributed by atoms with Gasteiger partial charge in [0.2, 0.25) is 0 Å². The number of hydrogen-bond acceptors (Lipinski definition) is 5. The lowest BCUT2D eigenvalue weighted by Gasteiger charge is -2.35. The van der Waals surface area contributed by atoms with Gasteiger partial charge >= 0.3 is 18.0 Å². The van der Waals surface area contributed by atoms with Gasteiger partial charge in [-0.05, 0) is 32.4 Å². The Balaban J connectivity index is 0.00000364. The molecule has 0 saturated carbocycles. The predicted octanol–water partition coefficient (Wildman–Crippen LogP) is 2.56. The first-order valence-corrected chi connectivity index (χ1v) is 8.37. The summed E-state index contributed by atoms with van der Waals surface area (Å²) in [5.74, 6) is -2.52. The van der Waals surface area contributed by atoms with Crippen molar-refractivity contribution in [3.05, 3.63) is 34.9 Å². The Morgan fingerprint density at radius 2 is 1.63 bits per heavy atom. The summed E-state index contributed by atoms with van der Waals surface area (Å²) in [6.45, 7) is 7.78. The van der Waals surface area contributed by atoms with Crippen molar-refractivity contribution >= 4 is 30.4 Å². The van der Waals surface area contributed by atoms with E-state index in [-0.39, 0.29) is 29.6 Å². The summed E-state index contributed by atoms with van der Waals surface area (Å²) >= 11 is 0. The molecule has 0 radical (unpaired) electrons. The molecule has 27 heavy (non-hydrogen) atoms. The van der Waals surface area contributed by atoms with Gasteiger partial charge in [0.15, 0.2) is 0 Å². The molecule has 8 nitrogen and oxygen atoms in total. The number of halogens is 1. The van der Waals surface area contributed by atoms with E-state index in [1.54, 1.807) is 17.0 Å². The van der Waals surface area contributed by atoms with Crippen molar-refractivity contribution < 1.29 is 29.3 Å². The van der Waals surface area contributed by atoms with Gasteiger partial charge in [-0.1, -0.05) is 12.1 Å². The van der Waals surface area contributed by atoms with Crippen LogP contribution in [0.5, 0.6) is 0 Å². The molecule has 1 aromatic carbocycles. The van der Waals surface area contributed by atoms with Crippen LogP contribution in [-0.2, 0) is 11.3 Å². The molecule has 1 fully saturated rings. The maximum atomic E-state index is 12.1. The van der Waals surface area contributed by atoms with Crippen molar-refractivity contribution in [2.45, 2.75) is 32.9 Å². The fraction of sp³-hybridized carbons (Fsp3) is 0.500. The zero-order valence-corrected chi connectivity index (χ0v) is 16.4. The number of carboxylic acids is 2. The van der Waals surface area contributed by atoms with Gasteiger partial charge in [-0.2, -0.15) is 0 Å².